The van der Waals surface area contributed by atoms with Gasteiger partial charge in [0.1, 0.15) is 5.03 Å². The van der Waals surface area contributed by atoms with Crippen molar-refractivity contribution >= 4 is 23.5 Å². The van der Waals surface area contributed by atoms with Crippen molar-refractivity contribution in [2.24, 2.45) is 11.3 Å². The summed E-state index contributed by atoms with van der Waals surface area (Å²) in [5, 5.41) is 3.61. The SMILES string of the molecule is CC1(C)CCC(CCCNC(=O)CC2Sc3ncccc3CC2=O)CC1. The van der Waals surface area contributed by atoms with Crippen LogP contribution in [0.2, 0.25) is 0 Å². The molecule has 3 rings (SSSR count). The Morgan fingerprint density at radius 3 is 2.88 bits per heavy atom. The fraction of sp³-hybridized carbons (Fsp3) is 0.667. The summed E-state index contributed by atoms with van der Waals surface area (Å²) in [7, 11) is 0. The Morgan fingerprint density at radius 2 is 2.12 bits per heavy atom. The lowest BCUT2D eigenvalue weighted by atomic mass is 9.72. The van der Waals surface area contributed by atoms with E-state index in [0.717, 1.165) is 29.5 Å². The summed E-state index contributed by atoms with van der Waals surface area (Å²) in [4.78, 5) is 28.8. The van der Waals surface area contributed by atoms with E-state index < -0.39 is 0 Å². The zero-order valence-electron chi connectivity index (χ0n) is 15.9. The molecule has 1 fully saturated rings. The van der Waals surface area contributed by atoms with Gasteiger partial charge in [-0.05, 0) is 61.5 Å². The number of pyridine rings is 1. The average Bonchev–Trinajstić information content (AvgIpc) is 2.60. The number of rotatable bonds is 6. The molecule has 4 nitrogen and oxygen atoms in total. The lowest BCUT2D eigenvalue weighted by molar-refractivity contribution is -0.124. The van der Waals surface area contributed by atoms with Crippen molar-refractivity contribution in [1.82, 2.24) is 10.3 Å². The van der Waals surface area contributed by atoms with E-state index in [2.05, 4.69) is 24.1 Å². The molecule has 1 atom stereocenters. The van der Waals surface area contributed by atoms with E-state index in [9.17, 15) is 9.59 Å². The van der Waals surface area contributed by atoms with Crippen molar-refractivity contribution in [1.29, 1.82) is 0 Å². The highest BCUT2D eigenvalue weighted by Crippen LogP contribution is 2.39. The molecule has 5 heteroatoms. The zero-order valence-corrected chi connectivity index (χ0v) is 16.7. The van der Waals surface area contributed by atoms with Gasteiger partial charge in [-0.15, -0.1) is 0 Å². The standard InChI is InChI=1S/C21H30N2O2S/c1-21(2)9-7-15(8-10-21)5-3-11-22-19(25)14-18-17(24)13-16-6-4-12-23-20(16)26-18/h4,6,12,15,18H,3,5,7-11,13-14H2,1-2H3,(H,22,25). The third kappa shape index (κ3) is 5.32. The third-order valence-electron chi connectivity index (χ3n) is 5.77. The molecule has 1 N–H and O–H groups in total. The van der Waals surface area contributed by atoms with Gasteiger partial charge in [-0.1, -0.05) is 31.7 Å². The first kappa shape index (κ1) is 19.4. The number of thioether (sulfide) groups is 1. The largest absolute Gasteiger partial charge is 0.356 e. The Kier molecular flexibility index (Phi) is 6.38. The van der Waals surface area contributed by atoms with Gasteiger partial charge < -0.3 is 5.32 Å². The first-order valence-corrected chi connectivity index (χ1v) is 10.7. The lowest BCUT2D eigenvalue weighted by Crippen LogP contribution is -2.33. The second kappa shape index (κ2) is 8.55. The summed E-state index contributed by atoms with van der Waals surface area (Å²) >= 11 is 1.43. The van der Waals surface area contributed by atoms with Crippen molar-refractivity contribution < 1.29 is 9.59 Å². The second-order valence-electron chi connectivity index (χ2n) is 8.52. The van der Waals surface area contributed by atoms with Gasteiger partial charge in [0.05, 0.1) is 5.25 Å². The molecule has 2 aliphatic rings. The van der Waals surface area contributed by atoms with Crippen molar-refractivity contribution in [3.8, 4) is 0 Å². The normalized spacial score (nSPS) is 22.7. The van der Waals surface area contributed by atoms with Crippen molar-refractivity contribution in [3.05, 3.63) is 23.9 Å². The number of aromatic nitrogens is 1. The number of Topliss-reactive ketones (excluding diaryl/α,β-unsaturated/α-hetero) is 1. The summed E-state index contributed by atoms with van der Waals surface area (Å²) in [6.45, 7) is 5.45. The molecule has 0 aromatic carbocycles. The maximum Gasteiger partial charge on any atom is 0.221 e. The van der Waals surface area contributed by atoms with Crippen LogP contribution in [-0.4, -0.2) is 28.5 Å². The second-order valence-corrected chi connectivity index (χ2v) is 9.71. The zero-order chi connectivity index (χ0) is 18.6. The van der Waals surface area contributed by atoms with Crippen molar-refractivity contribution in [2.75, 3.05) is 6.54 Å². The Labute approximate surface area is 160 Å². The molecule has 1 saturated carbocycles. The summed E-state index contributed by atoms with van der Waals surface area (Å²) in [5.74, 6) is 0.938. The van der Waals surface area contributed by atoms with E-state index in [1.807, 2.05) is 12.1 Å². The number of nitrogens with zero attached hydrogens (tertiary/aromatic N) is 1. The average molecular weight is 375 g/mol. The minimum atomic E-state index is -0.294. The first-order valence-electron chi connectivity index (χ1n) is 9.83. The number of fused-ring (bicyclic) bond motifs is 1. The van der Waals surface area contributed by atoms with E-state index in [4.69, 9.17) is 0 Å². The van der Waals surface area contributed by atoms with Crippen LogP contribution in [0.25, 0.3) is 0 Å². The van der Waals surface area contributed by atoms with Crippen LogP contribution >= 0.6 is 11.8 Å². The molecule has 0 bridgehead atoms. The lowest BCUT2D eigenvalue weighted by Gasteiger charge is -2.34. The molecule has 1 amide bonds. The number of carbonyl (C=O) groups excluding carboxylic acids is 2. The highest BCUT2D eigenvalue weighted by molar-refractivity contribution is 8.00. The number of amides is 1. The maximum absolute atomic E-state index is 12.3. The smallest absolute Gasteiger partial charge is 0.221 e. The molecule has 1 unspecified atom stereocenters. The van der Waals surface area contributed by atoms with E-state index in [1.54, 1.807) is 6.20 Å². The molecular formula is C21H30N2O2S. The highest BCUT2D eigenvalue weighted by Gasteiger charge is 2.30. The number of carbonyl (C=O) groups is 2. The molecule has 0 spiro atoms. The number of hydrogen-bond donors (Lipinski definition) is 1. The predicted molar refractivity (Wildman–Crippen MR) is 105 cm³/mol. The molecule has 0 saturated heterocycles. The van der Waals surface area contributed by atoms with Crippen LogP contribution < -0.4 is 5.32 Å². The van der Waals surface area contributed by atoms with Gasteiger partial charge in [0.15, 0.2) is 5.78 Å². The van der Waals surface area contributed by atoms with Gasteiger partial charge in [0, 0.05) is 25.6 Å². The van der Waals surface area contributed by atoms with Gasteiger partial charge in [0.25, 0.3) is 0 Å². The minimum Gasteiger partial charge on any atom is -0.356 e. The third-order valence-corrected chi connectivity index (χ3v) is 7.07. The van der Waals surface area contributed by atoms with Crippen LogP contribution in [0.4, 0.5) is 0 Å². The molecule has 142 valence electrons. The van der Waals surface area contributed by atoms with Gasteiger partial charge in [-0.2, -0.15) is 0 Å². The fourth-order valence-electron chi connectivity index (χ4n) is 3.93. The summed E-state index contributed by atoms with van der Waals surface area (Å²) in [6, 6.07) is 3.79. The summed E-state index contributed by atoms with van der Waals surface area (Å²) in [5.41, 5.74) is 1.50. The monoisotopic (exact) mass is 374 g/mol. The molecular weight excluding hydrogens is 344 g/mol. The Hall–Kier alpha value is -1.36. The fourth-order valence-corrected chi connectivity index (χ4v) is 5.06. The van der Waals surface area contributed by atoms with E-state index >= 15 is 0 Å². The van der Waals surface area contributed by atoms with Crippen molar-refractivity contribution in [2.45, 2.75) is 75.5 Å². The number of nitrogens with one attached hydrogen (secondary N) is 1. The van der Waals surface area contributed by atoms with Crippen LogP contribution in [-0.2, 0) is 16.0 Å². The van der Waals surface area contributed by atoms with Crippen LogP contribution in [0.3, 0.4) is 0 Å². The van der Waals surface area contributed by atoms with Gasteiger partial charge in [-0.3, -0.25) is 9.59 Å². The van der Waals surface area contributed by atoms with Gasteiger partial charge in [0.2, 0.25) is 5.91 Å². The summed E-state index contributed by atoms with van der Waals surface area (Å²) < 4.78 is 0. The Balaban J connectivity index is 1.35. The van der Waals surface area contributed by atoms with E-state index in [1.165, 1.54) is 43.9 Å². The summed E-state index contributed by atoms with van der Waals surface area (Å²) in [6.07, 6.45) is 9.91. The maximum atomic E-state index is 12.3. The number of hydrogen-bond acceptors (Lipinski definition) is 4. The van der Waals surface area contributed by atoms with Gasteiger partial charge >= 0.3 is 0 Å². The molecule has 1 aliphatic carbocycles. The predicted octanol–water partition coefficient (Wildman–Crippen LogP) is 4.17. The highest BCUT2D eigenvalue weighted by atomic mass is 32.2. The molecule has 1 aromatic rings. The van der Waals surface area contributed by atoms with Crippen LogP contribution in [0.15, 0.2) is 23.4 Å². The van der Waals surface area contributed by atoms with Crippen LogP contribution in [0.1, 0.15) is 64.4 Å². The Morgan fingerprint density at radius 1 is 1.35 bits per heavy atom. The van der Waals surface area contributed by atoms with E-state index in [-0.39, 0.29) is 23.4 Å². The molecule has 26 heavy (non-hydrogen) atoms. The minimum absolute atomic E-state index is 0.0139. The molecule has 1 aliphatic heterocycles. The van der Waals surface area contributed by atoms with Crippen LogP contribution in [0, 0.1) is 11.3 Å². The van der Waals surface area contributed by atoms with Crippen molar-refractivity contribution in [3.63, 3.8) is 0 Å². The van der Waals surface area contributed by atoms with Gasteiger partial charge in [-0.25, -0.2) is 4.98 Å². The molecule has 0 radical (unpaired) electrons. The first-order chi connectivity index (χ1) is 12.4. The quantitative estimate of drug-likeness (QED) is 0.759. The van der Waals surface area contributed by atoms with E-state index in [0.29, 0.717) is 11.8 Å². The molecule has 1 aromatic heterocycles. The Bertz CT molecular complexity index is 649. The molecule has 2 heterocycles. The van der Waals surface area contributed by atoms with Crippen LogP contribution in [0.5, 0.6) is 0 Å². The topological polar surface area (TPSA) is 59.1 Å². The number of ketones is 1.